The Bertz CT molecular complexity index is 455. The van der Waals surface area contributed by atoms with Crippen LogP contribution in [0.5, 0.6) is 0 Å². The van der Waals surface area contributed by atoms with Crippen LogP contribution in [0.3, 0.4) is 0 Å². The third-order valence-electron chi connectivity index (χ3n) is 3.48. The van der Waals surface area contributed by atoms with Gasteiger partial charge in [0.1, 0.15) is 0 Å². The number of aryl methyl sites for hydroxylation is 2. The zero-order chi connectivity index (χ0) is 14.0. The van der Waals surface area contributed by atoms with Crippen LogP contribution in [0.25, 0.3) is 0 Å². The van der Waals surface area contributed by atoms with E-state index in [0.29, 0.717) is 19.0 Å². The highest BCUT2D eigenvalue weighted by Gasteiger charge is 2.29. The first-order valence-corrected chi connectivity index (χ1v) is 7.13. The fourth-order valence-electron chi connectivity index (χ4n) is 2.61. The highest BCUT2D eigenvalue weighted by atomic mass is 35.5. The molecule has 1 amide bonds. The molecule has 0 N–H and O–H groups in total. The number of nitrogens with zero attached hydrogens (tertiary/aromatic N) is 1. The number of halogens is 1. The normalized spacial score (nSPS) is 23.5. The van der Waals surface area contributed by atoms with Gasteiger partial charge in [-0.25, -0.2) is 0 Å². The Labute approximate surface area is 119 Å². The van der Waals surface area contributed by atoms with Gasteiger partial charge in [0.2, 0.25) is 0 Å². The van der Waals surface area contributed by atoms with Crippen molar-refractivity contribution in [3.05, 3.63) is 34.9 Å². The number of morpholine rings is 1. The first-order valence-electron chi connectivity index (χ1n) is 6.59. The lowest BCUT2D eigenvalue weighted by molar-refractivity contribution is -0.0570. The molecule has 0 bridgehead atoms. The fraction of sp³-hybridized carbons (Fsp3) is 0.533. The van der Waals surface area contributed by atoms with Crippen LogP contribution in [0.15, 0.2) is 18.2 Å². The Balaban J connectivity index is 2.24. The molecule has 1 aliphatic rings. The minimum absolute atomic E-state index is 0.0331. The first-order chi connectivity index (χ1) is 9.02. The molecule has 1 heterocycles. The van der Waals surface area contributed by atoms with Crippen molar-refractivity contribution in [1.29, 1.82) is 0 Å². The van der Waals surface area contributed by atoms with E-state index < -0.39 is 0 Å². The molecular weight excluding hydrogens is 262 g/mol. The zero-order valence-electron chi connectivity index (χ0n) is 11.6. The Hall–Kier alpha value is -1.06. The van der Waals surface area contributed by atoms with Gasteiger partial charge in [0, 0.05) is 18.7 Å². The van der Waals surface area contributed by atoms with E-state index in [1.165, 1.54) is 0 Å². The van der Waals surface area contributed by atoms with Gasteiger partial charge in [-0.1, -0.05) is 18.2 Å². The third kappa shape index (κ3) is 3.10. The van der Waals surface area contributed by atoms with E-state index in [-0.39, 0.29) is 18.1 Å². The van der Waals surface area contributed by atoms with Gasteiger partial charge in [-0.3, -0.25) is 4.79 Å². The minimum Gasteiger partial charge on any atom is -0.370 e. The highest BCUT2D eigenvalue weighted by Crippen LogP contribution is 2.20. The molecule has 1 aliphatic heterocycles. The van der Waals surface area contributed by atoms with Crippen LogP contribution in [0, 0.1) is 13.8 Å². The van der Waals surface area contributed by atoms with Gasteiger partial charge in [-0.2, -0.15) is 0 Å². The number of carbonyl (C=O) groups is 1. The Morgan fingerprint density at radius 2 is 2.00 bits per heavy atom. The fourth-order valence-corrected chi connectivity index (χ4v) is 2.78. The van der Waals surface area contributed by atoms with Crippen molar-refractivity contribution < 1.29 is 9.53 Å². The predicted molar refractivity (Wildman–Crippen MR) is 76.9 cm³/mol. The van der Waals surface area contributed by atoms with Crippen molar-refractivity contribution >= 4 is 17.5 Å². The smallest absolute Gasteiger partial charge is 0.254 e. The zero-order valence-corrected chi connectivity index (χ0v) is 12.4. The Morgan fingerprint density at radius 1 is 1.37 bits per heavy atom. The molecule has 1 fully saturated rings. The van der Waals surface area contributed by atoms with Gasteiger partial charge in [-0.05, 0) is 31.9 Å². The molecule has 0 aliphatic carbocycles. The predicted octanol–water partition coefficient (Wildman–Crippen LogP) is 2.77. The Kier molecular flexibility index (Phi) is 4.48. The van der Waals surface area contributed by atoms with Gasteiger partial charge in [0.15, 0.2) is 0 Å². The van der Waals surface area contributed by atoms with Gasteiger partial charge >= 0.3 is 0 Å². The lowest BCUT2D eigenvalue weighted by Gasteiger charge is -2.36. The van der Waals surface area contributed by atoms with Crippen LogP contribution in [-0.4, -0.2) is 42.0 Å². The quantitative estimate of drug-likeness (QED) is 0.780. The van der Waals surface area contributed by atoms with Crippen LogP contribution in [0.2, 0.25) is 0 Å². The molecule has 1 aromatic rings. The van der Waals surface area contributed by atoms with Crippen LogP contribution in [0.4, 0.5) is 0 Å². The first kappa shape index (κ1) is 14.4. The summed E-state index contributed by atoms with van der Waals surface area (Å²) in [5, 5.41) is 0. The number of rotatable bonds is 2. The maximum atomic E-state index is 12.7. The molecule has 0 saturated carbocycles. The number of hydrogen-bond donors (Lipinski definition) is 0. The molecule has 0 radical (unpaired) electrons. The second kappa shape index (κ2) is 5.93. The van der Waals surface area contributed by atoms with Gasteiger partial charge in [0.25, 0.3) is 5.91 Å². The summed E-state index contributed by atoms with van der Waals surface area (Å²) in [5.74, 6) is 0.502. The highest BCUT2D eigenvalue weighted by molar-refractivity contribution is 6.18. The molecule has 0 spiro atoms. The molecular formula is C15H20ClNO2. The second-order valence-electron chi connectivity index (χ2n) is 5.20. The van der Waals surface area contributed by atoms with E-state index in [9.17, 15) is 4.79 Å². The molecule has 1 saturated heterocycles. The summed E-state index contributed by atoms with van der Waals surface area (Å²) in [4.78, 5) is 14.5. The summed E-state index contributed by atoms with van der Waals surface area (Å²) in [5.41, 5.74) is 2.85. The average Bonchev–Trinajstić information content (AvgIpc) is 2.37. The van der Waals surface area contributed by atoms with Crippen molar-refractivity contribution in [2.24, 2.45) is 0 Å². The number of benzene rings is 1. The van der Waals surface area contributed by atoms with Crippen molar-refractivity contribution in [2.75, 3.05) is 19.0 Å². The lowest BCUT2D eigenvalue weighted by Crippen LogP contribution is -2.50. The molecule has 2 atom stereocenters. The molecule has 0 aromatic heterocycles. The number of carbonyl (C=O) groups excluding carboxylic acids is 1. The van der Waals surface area contributed by atoms with Crippen LogP contribution in [-0.2, 0) is 4.74 Å². The molecule has 104 valence electrons. The lowest BCUT2D eigenvalue weighted by atomic mass is 10.0. The summed E-state index contributed by atoms with van der Waals surface area (Å²) in [6.07, 6.45) is -0.0375. The van der Waals surface area contributed by atoms with Crippen molar-refractivity contribution in [1.82, 2.24) is 4.90 Å². The number of ether oxygens (including phenoxy) is 1. The van der Waals surface area contributed by atoms with E-state index in [1.807, 2.05) is 43.9 Å². The summed E-state index contributed by atoms with van der Waals surface area (Å²) in [6.45, 7) is 7.12. The molecule has 1 aromatic carbocycles. The van der Waals surface area contributed by atoms with Crippen LogP contribution < -0.4 is 0 Å². The number of amides is 1. The summed E-state index contributed by atoms with van der Waals surface area (Å²) in [7, 11) is 0. The van der Waals surface area contributed by atoms with E-state index in [1.54, 1.807) is 0 Å². The summed E-state index contributed by atoms with van der Waals surface area (Å²) >= 11 is 5.86. The second-order valence-corrected chi connectivity index (χ2v) is 5.51. The van der Waals surface area contributed by atoms with E-state index in [0.717, 1.165) is 16.7 Å². The number of hydrogen-bond acceptors (Lipinski definition) is 2. The standard InChI is InChI=1S/C15H20ClNO2/c1-10-5-4-6-11(2)14(10)15(18)17-8-12(3)19-13(7-16)9-17/h4-6,12-13H,7-9H2,1-3H3. The van der Waals surface area contributed by atoms with Crippen LogP contribution >= 0.6 is 11.6 Å². The summed E-state index contributed by atoms with van der Waals surface area (Å²) in [6, 6.07) is 5.93. The van der Waals surface area contributed by atoms with Crippen molar-refractivity contribution in [3.8, 4) is 0 Å². The van der Waals surface area contributed by atoms with Crippen molar-refractivity contribution in [2.45, 2.75) is 33.0 Å². The van der Waals surface area contributed by atoms with E-state index >= 15 is 0 Å². The largest absolute Gasteiger partial charge is 0.370 e. The van der Waals surface area contributed by atoms with Gasteiger partial charge in [-0.15, -0.1) is 11.6 Å². The van der Waals surface area contributed by atoms with E-state index in [2.05, 4.69) is 0 Å². The average molecular weight is 282 g/mol. The molecule has 4 heteroatoms. The SMILES string of the molecule is Cc1cccc(C)c1C(=O)N1CC(C)OC(CCl)C1. The maximum Gasteiger partial charge on any atom is 0.254 e. The van der Waals surface area contributed by atoms with Crippen molar-refractivity contribution in [3.63, 3.8) is 0 Å². The Morgan fingerprint density at radius 3 is 2.58 bits per heavy atom. The van der Waals surface area contributed by atoms with Crippen LogP contribution in [0.1, 0.15) is 28.4 Å². The molecule has 2 rings (SSSR count). The van der Waals surface area contributed by atoms with E-state index in [4.69, 9.17) is 16.3 Å². The number of alkyl halides is 1. The maximum absolute atomic E-state index is 12.7. The molecule has 2 unspecified atom stereocenters. The monoisotopic (exact) mass is 281 g/mol. The minimum atomic E-state index is -0.0707. The molecule has 3 nitrogen and oxygen atoms in total. The topological polar surface area (TPSA) is 29.5 Å². The third-order valence-corrected chi connectivity index (χ3v) is 3.82. The van der Waals surface area contributed by atoms with Gasteiger partial charge in [0.05, 0.1) is 18.1 Å². The van der Waals surface area contributed by atoms with Gasteiger partial charge < -0.3 is 9.64 Å². The summed E-state index contributed by atoms with van der Waals surface area (Å²) < 4.78 is 5.69. The molecule has 19 heavy (non-hydrogen) atoms.